The van der Waals surface area contributed by atoms with Gasteiger partial charge in [-0.2, -0.15) is 0 Å². The molecule has 2 amide bonds. The van der Waals surface area contributed by atoms with Crippen LogP contribution in [0.15, 0.2) is 54.6 Å². The zero-order chi connectivity index (χ0) is 18.4. The molecule has 1 aliphatic heterocycles. The molecule has 1 fully saturated rings. The van der Waals surface area contributed by atoms with E-state index in [-0.39, 0.29) is 6.03 Å². The van der Waals surface area contributed by atoms with Gasteiger partial charge in [0.05, 0.1) is 0 Å². The molecular weight excluding hydrogens is 322 g/mol. The fraction of sp³-hybridized carbons (Fsp3) is 0.318. The van der Waals surface area contributed by atoms with Crippen molar-refractivity contribution in [1.29, 1.82) is 0 Å². The predicted octanol–water partition coefficient (Wildman–Crippen LogP) is 4.17. The molecule has 2 aromatic carbocycles. The summed E-state index contributed by atoms with van der Waals surface area (Å²) < 4.78 is 0. The van der Waals surface area contributed by atoms with Crippen LogP contribution in [0.5, 0.6) is 0 Å². The lowest BCUT2D eigenvalue weighted by atomic mass is 10.1. The van der Waals surface area contributed by atoms with Crippen LogP contribution in [0.2, 0.25) is 0 Å². The summed E-state index contributed by atoms with van der Waals surface area (Å²) in [6.45, 7) is 8.30. The Hall–Kier alpha value is -2.59. The van der Waals surface area contributed by atoms with Crippen molar-refractivity contribution in [2.24, 2.45) is 0 Å². The Balaban J connectivity index is 1.46. The van der Waals surface area contributed by atoms with Gasteiger partial charge in [0.15, 0.2) is 0 Å². The average Bonchev–Trinajstić information content (AvgIpc) is 2.66. The number of amides is 2. The summed E-state index contributed by atoms with van der Waals surface area (Å²) in [5.74, 6) is 0. The fourth-order valence-corrected chi connectivity index (χ4v) is 3.10. The molecule has 26 heavy (non-hydrogen) atoms. The van der Waals surface area contributed by atoms with Crippen LogP contribution in [0.1, 0.15) is 16.7 Å². The molecule has 4 heteroatoms. The molecule has 0 atom stereocenters. The Kier molecular flexibility index (Phi) is 6.08. The van der Waals surface area contributed by atoms with Gasteiger partial charge in [-0.15, -0.1) is 0 Å². The maximum absolute atomic E-state index is 12.5. The van der Waals surface area contributed by atoms with Gasteiger partial charge in [-0.25, -0.2) is 4.79 Å². The standard InChI is InChI=1S/C22H27N3O/c1-18-10-11-19(2)21(17-18)23-22(26)25-15-13-24(14-16-25)12-6-9-20-7-4-3-5-8-20/h3-11,17H,12-16H2,1-2H3,(H,23,26)/b9-6+. The highest BCUT2D eigenvalue weighted by molar-refractivity contribution is 5.90. The van der Waals surface area contributed by atoms with Gasteiger partial charge in [0.1, 0.15) is 0 Å². The number of urea groups is 1. The minimum Gasteiger partial charge on any atom is -0.322 e. The number of rotatable bonds is 4. The van der Waals surface area contributed by atoms with Crippen LogP contribution in [0, 0.1) is 13.8 Å². The predicted molar refractivity (Wildman–Crippen MR) is 108 cm³/mol. The largest absolute Gasteiger partial charge is 0.322 e. The lowest BCUT2D eigenvalue weighted by molar-refractivity contribution is 0.156. The van der Waals surface area contributed by atoms with Gasteiger partial charge in [0, 0.05) is 38.4 Å². The number of piperazine rings is 1. The van der Waals surface area contributed by atoms with Crippen LogP contribution in [-0.2, 0) is 0 Å². The minimum absolute atomic E-state index is 0.00169. The van der Waals surface area contributed by atoms with Crippen LogP contribution < -0.4 is 5.32 Å². The van der Waals surface area contributed by atoms with E-state index in [2.05, 4.69) is 40.6 Å². The van der Waals surface area contributed by atoms with Gasteiger partial charge in [-0.05, 0) is 36.6 Å². The molecule has 1 saturated heterocycles. The van der Waals surface area contributed by atoms with Crippen molar-refractivity contribution in [3.63, 3.8) is 0 Å². The first kappa shape index (κ1) is 18.2. The van der Waals surface area contributed by atoms with E-state index in [0.29, 0.717) is 0 Å². The SMILES string of the molecule is Cc1ccc(C)c(NC(=O)N2CCN(C/C=C/c3ccccc3)CC2)c1. The molecule has 3 rings (SSSR count). The highest BCUT2D eigenvalue weighted by atomic mass is 16.2. The third kappa shape index (κ3) is 4.96. The van der Waals surface area contributed by atoms with Crippen LogP contribution in [0.25, 0.3) is 6.08 Å². The number of hydrogen-bond acceptors (Lipinski definition) is 2. The molecule has 136 valence electrons. The molecule has 1 heterocycles. The summed E-state index contributed by atoms with van der Waals surface area (Å²) in [5, 5.41) is 3.05. The van der Waals surface area contributed by atoms with E-state index in [1.54, 1.807) is 0 Å². The van der Waals surface area contributed by atoms with E-state index < -0.39 is 0 Å². The number of nitrogens with one attached hydrogen (secondary N) is 1. The van der Waals surface area contributed by atoms with E-state index in [4.69, 9.17) is 0 Å². The molecule has 0 saturated carbocycles. The van der Waals surface area contributed by atoms with Crippen LogP contribution in [0.4, 0.5) is 10.5 Å². The zero-order valence-corrected chi connectivity index (χ0v) is 15.6. The Labute approximate surface area is 156 Å². The number of carbonyl (C=O) groups excluding carboxylic acids is 1. The van der Waals surface area contributed by atoms with Gasteiger partial charge in [0.2, 0.25) is 0 Å². The molecule has 2 aromatic rings. The average molecular weight is 349 g/mol. The van der Waals surface area contributed by atoms with Crippen LogP contribution in [0.3, 0.4) is 0 Å². The first-order valence-corrected chi connectivity index (χ1v) is 9.19. The van der Waals surface area contributed by atoms with Gasteiger partial charge in [-0.1, -0.05) is 54.6 Å². The van der Waals surface area contributed by atoms with E-state index in [9.17, 15) is 4.79 Å². The summed E-state index contributed by atoms with van der Waals surface area (Å²) in [6.07, 6.45) is 4.35. The van der Waals surface area contributed by atoms with Crippen molar-refractivity contribution < 1.29 is 4.79 Å². The summed E-state index contributed by atoms with van der Waals surface area (Å²) in [5.41, 5.74) is 4.37. The number of aryl methyl sites for hydroxylation is 2. The number of benzene rings is 2. The smallest absolute Gasteiger partial charge is 0.321 e. The second-order valence-electron chi connectivity index (χ2n) is 6.85. The maximum Gasteiger partial charge on any atom is 0.321 e. The molecule has 0 bridgehead atoms. The molecule has 0 spiro atoms. The van der Waals surface area contributed by atoms with Gasteiger partial charge >= 0.3 is 6.03 Å². The number of nitrogens with zero attached hydrogens (tertiary/aromatic N) is 2. The number of anilines is 1. The number of hydrogen-bond donors (Lipinski definition) is 1. The highest BCUT2D eigenvalue weighted by Gasteiger charge is 2.20. The molecule has 0 radical (unpaired) electrons. The van der Waals surface area contributed by atoms with Crippen molar-refractivity contribution >= 4 is 17.8 Å². The third-order valence-corrected chi connectivity index (χ3v) is 4.77. The van der Waals surface area contributed by atoms with Gasteiger partial charge in [0.25, 0.3) is 0 Å². The normalized spacial score (nSPS) is 15.4. The second-order valence-corrected chi connectivity index (χ2v) is 6.85. The Bertz CT molecular complexity index is 762. The monoisotopic (exact) mass is 349 g/mol. The number of carbonyl (C=O) groups is 1. The Morgan fingerprint density at radius 3 is 2.50 bits per heavy atom. The maximum atomic E-state index is 12.5. The van der Waals surface area contributed by atoms with Crippen molar-refractivity contribution in [2.75, 3.05) is 38.0 Å². The second kappa shape index (κ2) is 8.68. The van der Waals surface area contributed by atoms with E-state index in [1.165, 1.54) is 5.56 Å². The molecule has 0 unspecified atom stereocenters. The lowest BCUT2D eigenvalue weighted by Crippen LogP contribution is -2.50. The zero-order valence-electron chi connectivity index (χ0n) is 15.6. The lowest BCUT2D eigenvalue weighted by Gasteiger charge is -2.34. The van der Waals surface area contributed by atoms with Crippen molar-refractivity contribution in [3.05, 3.63) is 71.3 Å². The quantitative estimate of drug-likeness (QED) is 0.899. The topological polar surface area (TPSA) is 35.6 Å². The summed E-state index contributed by atoms with van der Waals surface area (Å²) in [4.78, 5) is 16.8. The Morgan fingerprint density at radius 1 is 1.04 bits per heavy atom. The molecule has 4 nitrogen and oxygen atoms in total. The van der Waals surface area contributed by atoms with Crippen molar-refractivity contribution in [3.8, 4) is 0 Å². The first-order chi connectivity index (χ1) is 12.6. The van der Waals surface area contributed by atoms with Crippen LogP contribution >= 0.6 is 0 Å². The fourth-order valence-electron chi connectivity index (χ4n) is 3.10. The van der Waals surface area contributed by atoms with Crippen molar-refractivity contribution in [1.82, 2.24) is 9.80 Å². The van der Waals surface area contributed by atoms with Gasteiger partial charge < -0.3 is 10.2 Å². The van der Waals surface area contributed by atoms with E-state index in [0.717, 1.165) is 49.5 Å². The van der Waals surface area contributed by atoms with E-state index in [1.807, 2.05) is 49.1 Å². The van der Waals surface area contributed by atoms with Crippen LogP contribution in [-0.4, -0.2) is 48.6 Å². The molecule has 0 aromatic heterocycles. The van der Waals surface area contributed by atoms with Gasteiger partial charge in [-0.3, -0.25) is 4.90 Å². The minimum atomic E-state index is -0.00169. The molecule has 1 N–H and O–H groups in total. The summed E-state index contributed by atoms with van der Waals surface area (Å²) in [6, 6.07) is 16.5. The summed E-state index contributed by atoms with van der Waals surface area (Å²) in [7, 11) is 0. The molecule has 0 aliphatic carbocycles. The Morgan fingerprint density at radius 2 is 1.77 bits per heavy atom. The molecular formula is C22H27N3O. The van der Waals surface area contributed by atoms with Crippen molar-refractivity contribution in [2.45, 2.75) is 13.8 Å². The first-order valence-electron chi connectivity index (χ1n) is 9.19. The molecule has 1 aliphatic rings. The van der Waals surface area contributed by atoms with E-state index >= 15 is 0 Å². The summed E-state index contributed by atoms with van der Waals surface area (Å²) >= 11 is 0. The highest BCUT2D eigenvalue weighted by Crippen LogP contribution is 2.17. The third-order valence-electron chi connectivity index (χ3n) is 4.77.